The smallest absolute Gasteiger partial charge is 0.186 e. The quantitative estimate of drug-likeness (QED) is 0.775. The fraction of sp³-hybridized carbons (Fsp3) is 0.0714. The number of rotatable bonds is 3. The summed E-state index contributed by atoms with van der Waals surface area (Å²) in [6, 6.07) is 11.4. The lowest BCUT2D eigenvalue weighted by Gasteiger charge is -2.09. The van der Waals surface area contributed by atoms with E-state index in [0.29, 0.717) is 12.2 Å². The first-order valence-electron chi connectivity index (χ1n) is 6.03. The average Bonchev–Trinajstić information content (AvgIpc) is 2.53. The Morgan fingerprint density at radius 2 is 2.05 bits per heavy atom. The predicted molar refractivity (Wildman–Crippen MR) is 73.6 cm³/mol. The molecule has 0 unspecified atom stereocenters. The molecule has 0 spiro atoms. The Morgan fingerprint density at radius 3 is 2.85 bits per heavy atom. The molecule has 0 amide bonds. The van der Waals surface area contributed by atoms with Gasteiger partial charge in [0, 0.05) is 11.6 Å². The third kappa shape index (κ3) is 2.24. The van der Waals surface area contributed by atoms with Crippen LogP contribution in [-0.2, 0) is 6.54 Å². The van der Waals surface area contributed by atoms with Crippen LogP contribution < -0.4 is 5.32 Å². The summed E-state index contributed by atoms with van der Waals surface area (Å²) in [5.41, 5.74) is 2.54. The molecular weight excluding hydrogens is 252 g/mol. The second kappa shape index (κ2) is 5.28. The molecule has 1 N–H and O–H groups in total. The molecule has 0 aliphatic rings. The number of hydrogen-bond acceptors (Lipinski definition) is 6. The van der Waals surface area contributed by atoms with Crippen molar-refractivity contribution in [2.75, 3.05) is 5.32 Å². The number of aromatic nitrogens is 4. The first-order valence-corrected chi connectivity index (χ1v) is 6.03. The highest BCUT2D eigenvalue weighted by Gasteiger charge is 2.09. The maximum absolute atomic E-state index is 9.16. The zero-order valence-corrected chi connectivity index (χ0v) is 10.5. The maximum atomic E-state index is 9.16. The van der Waals surface area contributed by atoms with E-state index in [1.54, 1.807) is 6.20 Å². The molecule has 0 bridgehead atoms. The topological polar surface area (TPSA) is 87.4 Å². The highest BCUT2D eigenvalue weighted by atomic mass is 15.1. The van der Waals surface area contributed by atoms with Crippen LogP contribution in [0.2, 0.25) is 0 Å². The summed E-state index contributed by atoms with van der Waals surface area (Å²) in [7, 11) is 0. The molecule has 6 heteroatoms. The molecule has 0 saturated heterocycles. The van der Waals surface area contributed by atoms with Gasteiger partial charge in [-0.3, -0.25) is 0 Å². The number of nitriles is 1. The van der Waals surface area contributed by atoms with Gasteiger partial charge in [-0.05, 0) is 12.1 Å². The Morgan fingerprint density at radius 1 is 1.15 bits per heavy atom. The minimum absolute atomic E-state index is 0.276. The van der Waals surface area contributed by atoms with Crippen molar-refractivity contribution in [3.8, 4) is 6.07 Å². The highest BCUT2D eigenvalue weighted by molar-refractivity contribution is 5.92. The van der Waals surface area contributed by atoms with E-state index in [1.807, 2.05) is 30.3 Å². The van der Waals surface area contributed by atoms with E-state index in [-0.39, 0.29) is 5.69 Å². The van der Waals surface area contributed by atoms with Crippen LogP contribution in [0.5, 0.6) is 0 Å². The largest absolute Gasteiger partial charge is 0.376 e. The van der Waals surface area contributed by atoms with E-state index in [0.717, 1.165) is 16.6 Å². The van der Waals surface area contributed by atoms with E-state index in [1.165, 1.54) is 6.33 Å². The molecule has 2 heterocycles. The van der Waals surface area contributed by atoms with E-state index < -0.39 is 0 Å². The Hall–Kier alpha value is -3.07. The highest BCUT2D eigenvalue weighted by Crippen LogP contribution is 2.24. The van der Waals surface area contributed by atoms with E-state index >= 15 is 0 Å². The zero-order valence-electron chi connectivity index (χ0n) is 10.5. The van der Waals surface area contributed by atoms with Crippen molar-refractivity contribution >= 4 is 16.6 Å². The van der Waals surface area contributed by atoms with Crippen LogP contribution in [0.1, 0.15) is 11.4 Å². The average molecular weight is 262 g/mol. The summed E-state index contributed by atoms with van der Waals surface area (Å²) < 4.78 is 0. The predicted octanol–water partition coefficient (Wildman–Crippen LogP) is 1.90. The fourth-order valence-corrected chi connectivity index (χ4v) is 1.91. The van der Waals surface area contributed by atoms with Gasteiger partial charge in [-0.25, -0.2) is 9.97 Å². The summed E-state index contributed by atoms with van der Waals surface area (Å²) in [6.45, 7) is 0.493. The van der Waals surface area contributed by atoms with Crippen LogP contribution in [0.15, 0.2) is 42.9 Å². The zero-order chi connectivity index (χ0) is 13.8. The second-order valence-corrected chi connectivity index (χ2v) is 4.11. The number of anilines is 1. The van der Waals surface area contributed by atoms with Gasteiger partial charge in [0.2, 0.25) is 0 Å². The molecule has 6 nitrogen and oxygen atoms in total. The molecule has 0 atom stereocenters. The van der Waals surface area contributed by atoms with Crippen LogP contribution in [0, 0.1) is 11.3 Å². The Kier molecular flexibility index (Phi) is 3.17. The molecule has 20 heavy (non-hydrogen) atoms. The summed E-state index contributed by atoms with van der Waals surface area (Å²) in [4.78, 5) is 8.01. The van der Waals surface area contributed by atoms with E-state index in [2.05, 4.69) is 31.6 Å². The van der Waals surface area contributed by atoms with Gasteiger partial charge in [0.25, 0.3) is 0 Å². The van der Waals surface area contributed by atoms with Crippen molar-refractivity contribution in [1.82, 2.24) is 20.2 Å². The molecule has 3 aromatic rings. The number of hydrogen-bond donors (Lipinski definition) is 1. The van der Waals surface area contributed by atoms with E-state index in [4.69, 9.17) is 5.26 Å². The van der Waals surface area contributed by atoms with Crippen LogP contribution in [0.3, 0.4) is 0 Å². The van der Waals surface area contributed by atoms with Gasteiger partial charge < -0.3 is 5.32 Å². The first-order chi connectivity index (χ1) is 9.88. The Labute approximate surface area is 115 Å². The lowest BCUT2D eigenvalue weighted by molar-refractivity contribution is 0.993. The summed E-state index contributed by atoms with van der Waals surface area (Å²) in [5, 5.41) is 21.2. The SMILES string of the molecule is N#Cc1nnc2ccccc2c1NCc1ccncn1. The van der Waals surface area contributed by atoms with Gasteiger partial charge in [-0.15, -0.1) is 10.2 Å². The molecule has 96 valence electrons. The van der Waals surface area contributed by atoms with Gasteiger partial charge in [0.15, 0.2) is 5.69 Å². The Balaban J connectivity index is 1.99. The molecule has 2 aromatic heterocycles. The maximum Gasteiger partial charge on any atom is 0.186 e. The number of nitrogens with one attached hydrogen (secondary N) is 1. The molecule has 3 rings (SSSR count). The van der Waals surface area contributed by atoms with Crippen molar-refractivity contribution in [1.29, 1.82) is 5.26 Å². The number of benzene rings is 1. The molecule has 0 radical (unpaired) electrons. The van der Waals surface area contributed by atoms with Crippen molar-refractivity contribution in [2.24, 2.45) is 0 Å². The van der Waals surface area contributed by atoms with Gasteiger partial charge >= 0.3 is 0 Å². The monoisotopic (exact) mass is 262 g/mol. The Bertz CT molecular complexity index is 779. The third-order valence-electron chi connectivity index (χ3n) is 2.86. The van der Waals surface area contributed by atoms with Crippen LogP contribution in [0.25, 0.3) is 10.9 Å². The fourth-order valence-electron chi connectivity index (χ4n) is 1.91. The third-order valence-corrected chi connectivity index (χ3v) is 2.86. The molecule has 0 fully saturated rings. The number of fused-ring (bicyclic) bond motifs is 1. The van der Waals surface area contributed by atoms with Gasteiger partial charge in [-0.2, -0.15) is 5.26 Å². The molecule has 0 aliphatic carbocycles. The normalized spacial score (nSPS) is 10.2. The molecule has 0 saturated carbocycles. The van der Waals surface area contributed by atoms with Gasteiger partial charge in [0.05, 0.1) is 23.4 Å². The lowest BCUT2D eigenvalue weighted by Crippen LogP contribution is -2.06. The van der Waals surface area contributed by atoms with Crippen LogP contribution in [0.4, 0.5) is 5.69 Å². The molecule has 1 aromatic carbocycles. The molecular formula is C14H10N6. The number of nitrogens with zero attached hydrogens (tertiary/aromatic N) is 5. The van der Waals surface area contributed by atoms with Gasteiger partial charge in [0.1, 0.15) is 12.4 Å². The van der Waals surface area contributed by atoms with Crippen LogP contribution >= 0.6 is 0 Å². The first kappa shape index (κ1) is 12.0. The van der Waals surface area contributed by atoms with Crippen molar-refractivity contribution in [3.05, 3.63) is 54.2 Å². The lowest BCUT2D eigenvalue weighted by atomic mass is 10.1. The van der Waals surface area contributed by atoms with Crippen molar-refractivity contribution < 1.29 is 0 Å². The minimum Gasteiger partial charge on any atom is -0.376 e. The summed E-state index contributed by atoms with van der Waals surface area (Å²) in [5.74, 6) is 0. The summed E-state index contributed by atoms with van der Waals surface area (Å²) >= 11 is 0. The summed E-state index contributed by atoms with van der Waals surface area (Å²) in [6.07, 6.45) is 3.17. The second-order valence-electron chi connectivity index (χ2n) is 4.11. The minimum atomic E-state index is 0.276. The van der Waals surface area contributed by atoms with Gasteiger partial charge in [-0.1, -0.05) is 18.2 Å². The van der Waals surface area contributed by atoms with Crippen LogP contribution in [-0.4, -0.2) is 20.2 Å². The van der Waals surface area contributed by atoms with Crippen molar-refractivity contribution in [3.63, 3.8) is 0 Å². The van der Waals surface area contributed by atoms with Crippen molar-refractivity contribution in [2.45, 2.75) is 6.54 Å². The van der Waals surface area contributed by atoms with E-state index in [9.17, 15) is 0 Å². The standard InChI is InChI=1S/C14H10N6/c15-7-13-14(17-8-10-5-6-16-9-18-10)11-3-1-2-4-12(11)19-20-13/h1-6,9H,8H2,(H,17,19). The molecule has 0 aliphatic heterocycles.